The zero-order valence-corrected chi connectivity index (χ0v) is 10.6. The molecule has 6 nitrogen and oxygen atoms in total. The van der Waals surface area contributed by atoms with Crippen molar-refractivity contribution < 1.29 is 0 Å². The maximum Gasteiger partial charge on any atom is 0.266 e. The lowest BCUT2D eigenvalue weighted by Crippen LogP contribution is -2.12. The Labute approximate surface area is 102 Å². The summed E-state index contributed by atoms with van der Waals surface area (Å²) < 4.78 is 4.52. The second-order valence-electron chi connectivity index (χ2n) is 2.67. The molecule has 8 heteroatoms. The van der Waals surface area contributed by atoms with Crippen LogP contribution in [0.1, 0.15) is 5.82 Å². The van der Waals surface area contributed by atoms with Crippen LogP contribution in [0.3, 0.4) is 0 Å². The molecule has 2 aromatic rings. The normalized spacial score (nSPS) is 10.3. The Morgan fingerprint density at radius 1 is 1.60 bits per heavy atom. The summed E-state index contributed by atoms with van der Waals surface area (Å²) in [6.07, 6.45) is 1.35. The minimum Gasteiger partial charge on any atom is -0.314 e. The molecule has 0 spiro atoms. The average molecular weight is 335 g/mol. The minimum atomic E-state index is -0.172. The Hall–Kier alpha value is -1.03. The SMILES string of the molecule is Cc1nsc(Nc2nc[nH]c(=O)c2I)n1. The first-order chi connectivity index (χ1) is 7.16. The number of hydrogen-bond acceptors (Lipinski definition) is 6. The van der Waals surface area contributed by atoms with Gasteiger partial charge in [-0.1, -0.05) is 0 Å². The molecular formula is C7H6IN5OS. The number of halogens is 1. The van der Waals surface area contributed by atoms with Crippen molar-refractivity contribution in [2.24, 2.45) is 0 Å². The fraction of sp³-hybridized carbons (Fsp3) is 0.143. The number of anilines is 2. The number of nitrogens with one attached hydrogen (secondary N) is 2. The van der Waals surface area contributed by atoms with Gasteiger partial charge in [-0.3, -0.25) is 4.79 Å². The van der Waals surface area contributed by atoms with Crippen LogP contribution in [-0.4, -0.2) is 19.3 Å². The van der Waals surface area contributed by atoms with Crippen molar-refractivity contribution in [3.63, 3.8) is 0 Å². The molecule has 0 fully saturated rings. The number of aromatic nitrogens is 4. The van der Waals surface area contributed by atoms with Crippen LogP contribution < -0.4 is 10.9 Å². The molecule has 0 unspecified atom stereocenters. The molecular weight excluding hydrogens is 329 g/mol. The largest absolute Gasteiger partial charge is 0.314 e. The summed E-state index contributed by atoms with van der Waals surface area (Å²) in [5, 5.41) is 3.57. The maximum absolute atomic E-state index is 11.3. The average Bonchev–Trinajstić information content (AvgIpc) is 2.59. The third kappa shape index (κ3) is 2.31. The second kappa shape index (κ2) is 4.23. The number of hydrogen-bond donors (Lipinski definition) is 2. The van der Waals surface area contributed by atoms with Crippen LogP contribution in [0.25, 0.3) is 0 Å². The molecule has 0 bridgehead atoms. The van der Waals surface area contributed by atoms with E-state index in [1.54, 1.807) is 6.92 Å². The van der Waals surface area contributed by atoms with E-state index in [9.17, 15) is 4.79 Å². The monoisotopic (exact) mass is 335 g/mol. The summed E-state index contributed by atoms with van der Waals surface area (Å²) in [6, 6.07) is 0. The van der Waals surface area contributed by atoms with Crippen molar-refractivity contribution in [1.82, 2.24) is 19.3 Å². The van der Waals surface area contributed by atoms with E-state index in [1.165, 1.54) is 17.9 Å². The van der Waals surface area contributed by atoms with Gasteiger partial charge in [-0.2, -0.15) is 4.37 Å². The molecule has 0 saturated carbocycles. The second-order valence-corrected chi connectivity index (χ2v) is 4.50. The van der Waals surface area contributed by atoms with Gasteiger partial charge in [-0.25, -0.2) is 9.97 Å². The Morgan fingerprint density at radius 2 is 2.40 bits per heavy atom. The Kier molecular flexibility index (Phi) is 2.95. The Bertz CT molecular complexity index is 536. The Morgan fingerprint density at radius 3 is 3.07 bits per heavy atom. The van der Waals surface area contributed by atoms with Crippen LogP contribution in [0, 0.1) is 10.5 Å². The smallest absolute Gasteiger partial charge is 0.266 e. The van der Waals surface area contributed by atoms with E-state index in [-0.39, 0.29) is 5.56 Å². The van der Waals surface area contributed by atoms with Gasteiger partial charge in [0, 0.05) is 11.5 Å². The zero-order valence-electron chi connectivity index (χ0n) is 7.61. The first-order valence-corrected chi connectivity index (χ1v) is 5.82. The summed E-state index contributed by atoms with van der Waals surface area (Å²) >= 11 is 3.16. The van der Waals surface area contributed by atoms with E-state index in [2.05, 4.69) is 24.6 Å². The highest BCUT2D eigenvalue weighted by atomic mass is 127. The molecule has 78 valence electrons. The third-order valence-electron chi connectivity index (χ3n) is 1.55. The lowest BCUT2D eigenvalue weighted by molar-refractivity contribution is 1.09. The van der Waals surface area contributed by atoms with Gasteiger partial charge in [0.05, 0.1) is 6.33 Å². The van der Waals surface area contributed by atoms with E-state index in [0.717, 1.165) is 0 Å². The molecule has 0 atom stereocenters. The van der Waals surface area contributed by atoms with Gasteiger partial charge in [0.2, 0.25) is 5.13 Å². The molecule has 0 aliphatic heterocycles. The van der Waals surface area contributed by atoms with Crippen LogP contribution >= 0.6 is 34.1 Å². The molecule has 2 rings (SSSR count). The van der Waals surface area contributed by atoms with Crippen LogP contribution in [0.2, 0.25) is 0 Å². The number of aryl methyl sites for hydroxylation is 1. The number of nitrogens with zero attached hydrogens (tertiary/aromatic N) is 3. The molecule has 0 radical (unpaired) electrons. The first kappa shape index (κ1) is 10.5. The quantitative estimate of drug-likeness (QED) is 0.808. The molecule has 0 aliphatic carbocycles. The number of rotatable bonds is 2. The van der Waals surface area contributed by atoms with Crippen LogP contribution in [0.5, 0.6) is 0 Å². The number of aromatic amines is 1. The lowest BCUT2D eigenvalue weighted by atomic mass is 10.6. The summed E-state index contributed by atoms with van der Waals surface area (Å²) in [6.45, 7) is 1.80. The standard InChI is InChI=1S/C7H6IN5OS/c1-3-11-7(15-13-3)12-5-4(8)6(14)10-2-9-5/h2H,1H3,(H2,9,10,11,12,13,14). The molecule has 0 aliphatic rings. The van der Waals surface area contributed by atoms with Gasteiger partial charge in [0.25, 0.3) is 5.56 Å². The maximum atomic E-state index is 11.3. The third-order valence-corrected chi connectivity index (χ3v) is 3.27. The molecule has 0 amide bonds. The first-order valence-electron chi connectivity index (χ1n) is 3.97. The van der Waals surface area contributed by atoms with Crippen LogP contribution in [-0.2, 0) is 0 Å². The van der Waals surface area contributed by atoms with Crippen molar-refractivity contribution in [3.8, 4) is 0 Å². The van der Waals surface area contributed by atoms with Crippen molar-refractivity contribution in [2.45, 2.75) is 6.92 Å². The number of H-pyrrole nitrogens is 1. The zero-order chi connectivity index (χ0) is 10.8. The van der Waals surface area contributed by atoms with Gasteiger partial charge in [-0.15, -0.1) is 0 Å². The van der Waals surface area contributed by atoms with Crippen molar-refractivity contribution in [3.05, 3.63) is 26.1 Å². The molecule has 0 saturated heterocycles. The van der Waals surface area contributed by atoms with Crippen LogP contribution in [0.4, 0.5) is 10.9 Å². The molecule has 0 aromatic carbocycles. The van der Waals surface area contributed by atoms with Gasteiger partial charge in [0.1, 0.15) is 9.39 Å². The fourth-order valence-corrected chi connectivity index (χ4v) is 1.92. The predicted molar refractivity (Wildman–Crippen MR) is 65.5 cm³/mol. The predicted octanol–water partition coefficient (Wildman–Crippen LogP) is 1.28. The van der Waals surface area contributed by atoms with E-state index in [1.807, 2.05) is 22.6 Å². The Balaban J connectivity index is 2.32. The fourth-order valence-electron chi connectivity index (χ4n) is 0.919. The van der Waals surface area contributed by atoms with Gasteiger partial charge in [-0.05, 0) is 29.5 Å². The highest BCUT2D eigenvalue weighted by Gasteiger charge is 2.07. The molecule has 15 heavy (non-hydrogen) atoms. The summed E-state index contributed by atoms with van der Waals surface area (Å²) in [7, 11) is 0. The minimum absolute atomic E-state index is 0.172. The summed E-state index contributed by atoms with van der Waals surface area (Å²) in [5.41, 5.74) is -0.172. The van der Waals surface area contributed by atoms with Crippen molar-refractivity contribution in [2.75, 3.05) is 5.32 Å². The van der Waals surface area contributed by atoms with E-state index < -0.39 is 0 Å². The van der Waals surface area contributed by atoms with Gasteiger partial charge >= 0.3 is 0 Å². The van der Waals surface area contributed by atoms with Crippen molar-refractivity contribution in [1.29, 1.82) is 0 Å². The lowest BCUT2D eigenvalue weighted by Gasteiger charge is -2.01. The molecule has 2 heterocycles. The highest BCUT2D eigenvalue weighted by molar-refractivity contribution is 14.1. The van der Waals surface area contributed by atoms with E-state index in [0.29, 0.717) is 20.3 Å². The highest BCUT2D eigenvalue weighted by Crippen LogP contribution is 2.18. The molecule has 2 N–H and O–H groups in total. The van der Waals surface area contributed by atoms with Gasteiger partial charge < -0.3 is 10.3 Å². The van der Waals surface area contributed by atoms with Gasteiger partial charge in [0.15, 0.2) is 5.82 Å². The van der Waals surface area contributed by atoms with E-state index >= 15 is 0 Å². The topological polar surface area (TPSA) is 83.6 Å². The van der Waals surface area contributed by atoms with E-state index in [4.69, 9.17) is 0 Å². The van der Waals surface area contributed by atoms with Crippen LogP contribution in [0.15, 0.2) is 11.1 Å². The van der Waals surface area contributed by atoms with Crippen molar-refractivity contribution >= 4 is 45.1 Å². The molecule has 2 aromatic heterocycles. The summed E-state index contributed by atoms with van der Waals surface area (Å²) in [4.78, 5) is 21.9. The summed E-state index contributed by atoms with van der Waals surface area (Å²) in [5.74, 6) is 1.19.